The molecule has 0 radical (unpaired) electrons. The summed E-state index contributed by atoms with van der Waals surface area (Å²) < 4.78 is 26.0. The maximum atomic E-state index is 12.7. The average Bonchev–Trinajstić information content (AvgIpc) is 2.66. The van der Waals surface area contributed by atoms with Crippen molar-refractivity contribution in [2.45, 2.75) is 26.3 Å². The van der Waals surface area contributed by atoms with Gasteiger partial charge in [-0.05, 0) is 54.7 Å². The monoisotopic (exact) mass is 420 g/mol. The number of sulfonamides is 1. The summed E-state index contributed by atoms with van der Waals surface area (Å²) in [5.74, 6) is 0.503. The van der Waals surface area contributed by atoms with Crippen LogP contribution in [0.2, 0.25) is 5.02 Å². The summed E-state index contributed by atoms with van der Waals surface area (Å²) in [4.78, 5) is 14.6. The number of hydrogen-bond donors (Lipinski definition) is 0. The van der Waals surface area contributed by atoms with Crippen LogP contribution in [-0.2, 0) is 16.6 Å². The van der Waals surface area contributed by atoms with Crippen LogP contribution in [-0.4, -0.2) is 38.6 Å². The molecule has 5 nitrogen and oxygen atoms in total. The minimum atomic E-state index is -3.51. The Hall–Kier alpha value is -2.05. The third-order valence-corrected chi connectivity index (χ3v) is 6.53. The van der Waals surface area contributed by atoms with E-state index in [-0.39, 0.29) is 12.5 Å². The molecule has 7 heteroatoms. The quantitative estimate of drug-likeness (QED) is 0.729. The maximum absolute atomic E-state index is 12.7. The molecule has 0 aliphatic carbocycles. The van der Waals surface area contributed by atoms with E-state index < -0.39 is 10.0 Å². The Labute approximate surface area is 172 Å². The van der Waals surface area contributed by atoms with Gasteiger partial charge < -0.3 is 4.90 Å². The topological polar surface area (TPSA) is 57.7 Å². The van der Waals surface area contributed by atoms with Crippen LogP contribution in [0, 0.1) is 5.92 Å². The molecule has 0 aromatic heterocycles. The first-order valence-electron chi connectivity index (χ1n) is 9.36. The summed E-state index contributed by atoms with van der Waals surface area (Å²) in [5, 5.41) is 0.516. The number of carbonyl (C=O) groups excluding carboxylic acids is 1. The Kier molecular flexibility index (Phi) is 6.30. The van der Waals surface area contributed by atoms with Gasteiger partial charge >= 0.3 is 0 Å². The van der Waals surface area contributed by atoms with Gasteiger partial charge in [0.2, 0.25) is 10.0 Å². The highest BCUT2D eigenvalue weighted by Crippen LogP contribution is 2.25. The first kappa shape index (κ1) is 20.7. The number of piperidine rings is 1. The molecule has 1 saturated heterocycles. The molecule has 0 spiro atoms. The van der Waals surface area contributed by atoms with Crippen molar-refractivity contribution < 1.29 is 13.2 Å². The van der Waals surface area contributed by atoms with Crippen LogP contribution in [0.1, 0.15) is 35.7 Å². The van der Waals surface area contributed by atoms with Gasteiger partial charge in [-0.25, -0.2) is 8.42 Å². The highest BCUT2D eigenvalue weighted by atomic mass is 35.5. The lowest BCUT2D eigenvalue weighted by Gasteiger charge is -2.31. The largest absolute Gasteiger partial charge is 0.338 e. The number of benzene rings is 2. The van der Waals surface area contributed by atoms with Gasteiger partial charge in [0.25, 0.3) is 5.91 Å². The third kappa shape index (κ3) is 4.86. The molecule has 0 saturated carbocycles. The molecule has 1 aliphatic rings. The van der Waals surface area contributed by atoms with Crippen LogP contribution in [0.5, 0.6) is 0 Å². The molecule has 1 aliphatic heterocycles. The van der Waals surface area contributed by atoms with E-state index in [1.807, 2.05) is 11.0 Å². The predicted molar refractivity (Wildman–Crippen MR) is 113 cm³/mol. The molecule has 1 heterocycles. The second-order valence-corrected chi connectivity index (χ2v) is 9.72. The minimum Gasteiger partial charge on any atom is -0.338 e. The lowest BCUT2D eigenvalue weighted by atomic mass is 9.99. The first-order valence-corrected chi connectivity index (χ1v) is 11.6. The number of likely N-dealkylation sites (tertiary alicyclic amines) is 1. The van der Waals surface area contributed by atoms with Crippen molar-refractivity contribution in [3.05, 3.63) is 64.7 Å². The fraction of sp³-hybridized carbons (Fsp3) is 0.381. The molecule has 0 N–H and O–H groups in total. The molecule has 150 valence electrons. The highest BCUT2D eigenvalue weighted by Gasteiger charge is 2.23. The van der Waals surface area contributed by atoms with E-state index in [0.29, 0.717) is 22.2 Å². The molecule has 28 heavy (non-hydrogen) atoms. The van der Waals surface area contributed by atoms with Gasteiger partial charge in [0.15, 0.2) is 0 Å². The smallest absolute Gasteiger partial charge is 0.253 e. The van der Waals surface area contributed by atoms with E-state index in [9.17, 15) is 13.2 Å². The molecule has 1 atom stereocenters. The molecule has 3 rings (SSSR count). The van der Waals surface area contributed by atoms with Crippen molar-refractivity contribution in [2.75, 3.05) is 23.7 Å². The summed E-state index contributed by atoms with van der Waals surface area (Å²) in [7, 11) is -3.51. The minimum absolute atomic E-state index is 0.00453. The molecule has 1 fully saturated rings. The molecular formula is C21H25ClN2O3S. The maximum Gasteiger partial charge on any atom is 0.253 e. The lowest BCUT2D eigenvalue weighted by molar-refractivity contribution is 0.0683. The highest BCUT2D eigenvalue weighted by molar-refractivity contribution is 7.92. The zero-order valence-electron chi connectivity index (χ0n) is 16.1. The van der Waals surface area contributed by atoms with Gasteiger partial charge in [-0.2, -0.15) is 0 Å². The fourth-order valence-corrected chi connectivity index (χ4v) is 4.58. The van der Waals surface area contributed by atoms with Gasteiger partial charge in [0.1, 0.15) is 0 Å². The van der Waals surface area contributed by atoms with Crippen LogP contribution in [0.3, 0.4) is 0 Å². The van der Waals surface area contributed by atoms with Gasteiger partial charge in [-0.1, -0.05) is 36.7 Å². The van der Waals surface area contributed by atoms with E-state index >= 15 is 0 Å². The Balaban J connectivity index is 1.82. The summed E-state index contributed by atoms with van der Waals surface area (Å²) >= 11 is 6.20. The number of rotatable bonds is 5. The van der Waals surface area contributed by atoms with Crippen molar-refractivity contribution in [1.82, 2.24) is 4.90 Å². The van der Waals surface area contributed by atoms with Crippen molar-refractivity contribution in [3.8, 4) is 0 Å². The fourth-order valence-electron chi connectivity index (χ4n) is 3.51. The van der Waals surface area contributed by atoms with Crippen molar-refractivity contribution >= 4 is 33.2 Å². The average molecular weight is 421 g/mol. The molecule has 2 aromatic rings. The number of carbonyl (C=O) groups is 1. The Morgan fingerprint density at radius 1 is 1.18 bits per heavy atom. The number of halogens is 1. The van der Waals surface area contributed by atoms with E-state index in [4.69, 9.17) is 11.6 Å². The molecule has 1 amide bonds. The van der Waals surface area contributed by atoms with E-state index in [1.54, 1.807) is 42.5 Å². The van der Waals surface area contributed by atoms with Gasteiger partial charge in [0, 0.05) is 23.7 Å². The van der Waals surface area contributed by atoms with Crippen LogP contribution in [0.25, 0.3) is 0 Å². The number of anilines is 1. The Morgan fingerprint density at radius 3 is 2.46 bits per heavy atom. The van der Waals surface area contributed by atoms with Gasteiger partial charge in [-0.3, -0.25) is 9.10 Å². The van der Waals surface area contributed by atoms with E-state index in [0.717, 1.165) is 37.8 Å². The molecule has 0 unspecified atom stereocenters. The summed E-state index contributed by atoms with van der Waals surface area (Å²) in [6.45, 7) is 3.83. The molecule has 0 bridgehead atoms. The third-order valence-electron chi connectivity index (χ3n) is 5.02. The summed E-state index contributed by atoms with van der Waals surface area (Å²) in [6.07, 6.45) is 3.33. The Bertz CT molecular complexity index is 944. The number of amides is 1. The summed E-state index contributed by atoms with van der Waals surface area (Å²) in [6, 6.07) is 13.9. The molecular weight excluding hydrogens is 396 g/mol. The standard InChI is InChI=1S/C21H25ClN2O3S/c1-16-6-5-13-23(14-16)21(25)17-9-11-19(12-10-17)24(28(2,26)27)15-18-7-3-4-8-20(18)22/h3-4,7-12,16H,5-6,13-15H2,1-2H3/t16-/m0/s1. The second kappa shape index (κ2) is 8.53. The predicted octanol–water partition coefficient (Wildman–Crippen LogP) is 4.18. The summed E-state index contributed by atoms with van der Waals surface area (Å²) in [5.41, 5.74) is 1.80. The normalized spacial score (nSPS) is 17.4. The van der Waals surface area contributed by atoms with Crippen LogP contribution >= 0.6 is 11.6 Å². The molecule has 2 aromatic carbocycles. The zero-order chi connectivity index (χ0) is 20.3. The van der Waals surface area contributed by atoms with E-state index in [2.05, 4.69) is 6.92 Å². The second-order valence-electron chi connectivity index (χ2n) is 7.41. The van der Waals surface area contributed by atoms with Crippen molar-refractivity contribution in [1.29, 1.82) is 0 Å². The zero-order valence-corrected chi connectivity index (χ0v) is 17.7. The Morgan fingerprint density at radius 2 is 1.86 bits per heavy atom. The lowest BCUT2D eigenvalue weighted by Crippen LogP contribution is -2.39. The first-order chi connectivity index (χ1) is 13.3. The van der Waals surface area contributed by atoms with Crippen LogP contribution in [0.4, 0.5) is 5.69 Å². The van der Waals surface area contributed by atoms with Gasteiger partial charge in [-0.15, -0.1) is 0 Å². The van der Waals surface area contributed by atoms with Gasteiger partial charge in [0.05, 0.1) is 18.5 Å². The number of nitrogens with zero attached hydrogens (tertiary/aromatic N) is 2. The number of hydrogen-bond acceptors (Lipinski definition) is 3. The van der Waals surface area contributed by atoms with Crippen LogP contribution < -0.4 is 4.31 Å². The van der Waals surface area contributed by atoms with Crippen LogP contribution in [0.15, 0.2) is 48.5 Å². The van der Waals surface area contributed by atoms with Crippen molar-refractivity contribution in [2.24, 2.45) is 5.92 Å². The SMILES string of the molecule is C[C@H]1CCCN(C(=O)c2ccc(N(Cc3ccccc3Cl)S(C)(=O)=O)cc2)C1. The van der Waals surface area contributed by atoms with E-state index in [1.165, 1.54) is 4.31 Å². The van der Waals surface area contributed by atoms with Crippen molar-refractivity contribution in [3.63, 3.8) is 0 Å².